The molecule has 2 amide bonds. The van der Waals surface area contributed by atoms with Crippen LogP contribution in [0.1, 0.15) is 15.2 Å². The van der Waals surface area contributed by atoms with E-state index in [4.69, 9.17) is 5.21 Å². The molecule has 0 aliphatic carbocycles. The highest BCUT2D eigenvalue weighted by molar-refractivity contribution is 7.20. The standard InChI is InChI=1S/C18H14N2O3S/c21-17(9-6-12-4-2-1-3-5-12)19-14-7-8-15-13(10-14)11-16(24-15)18(22)20-23/h1-11,23H,(H,19,21)(H,20,22)/b9-6+. The van der Waals surface area contributed by atoms with E-state index in [1.54, 1.807) is 29.8 Å². The summed E-state index contributed by atoms with van der Waals surface area (Å²) in [6.45, 7) is 0. The molecule has 1 aromatic heterocycles. The summed E-state index contributed by atoms with van der Waals surface area (Å²) >= 11 is 1.27. The summed E-state index contributed by atoms with van der Waals surface area (Å²) in [7, 11) is 0. The molecule has 0 fully saturated rings. The molecule has 1 heterocycles. The molecule has 24 heavy (non-hydrogen) atoms. The number of fused-ring (bicyclic) bond motifs is 1. The van der Waals surface area contributed by atoms with E-state index < -0.39 is 5.91 Å². The minimum absolute atomic E-state index is 0.234. The van der Waals surface area contributed by atoms with Gasteiger partial charge in [-0.1, -0.05) is 30.3 Å². The van der Waals surface area contributed by atoms with Crippen molar-refractivity contribution in [2.75, 3.05) is 5.32 Å². The van der Waals surface area contributed by atoms with Gasteiger partial charge in [0.25, 0.3) is 5.91 Å². The van der Waals surface area contributed by atoms with Crippen LogP contribution in [0.25, 0.3) is 16.2 Å². The molecule has 6 heteroatoms. The zero-order chi connectivity index (χ0) is 16.9. The molecule has 0 aliphatic heterocycles. The average molecular weight is 338 g/mol. The zero-order valence-corrected chi connectivity index (χ0v) is 13.3. The van der Waals surface area contributed by atoms with Gasteiger partial charge in [-0.2, -0.15) is 0 Å². The number of amides is 2. The van der Waals surface area contributed by atoms with E-state index in [1.807, 2.05) is 36.4 Å². The van der Waals surface area contributed by atoms with Gasteiger partial charge >= 0.3 is 0 Å². The number of carbonyl (C=O) groups excluding carboxylic acids is 2. The first kappa shape index (κ1) is 15.9. The smallest absolute Gasteiger partial charge is 0.284 e. The third kappa shape index (κ3) is 3.68. The molecular formula is C18H14N2O3S. The van der Waals surface area contributed by atoms with Gasteiger partial charge in [-0.25, -0.2) is 5.48 Å². The quantitative estimate of drug-likeness (QED) is 0.386. The number of carbonyl (C=O) groups is 2. The third-order valence-electron chi connectivity index (χ3n) is 3.34. The Bertz CT molecular complexity index is 916. The van der Waals surface area contributed by atoms with Crippen LogP contribution < -0.4 is 10.8 Å². The maximum absolute atomic E-state index is 12.0. The van der Waals surface area contributed by atoms with Gasteiger partial charge in [0.1, 0.15) is 0 Å². The van der Waals surface area contributed by atoms with Gasteiger partial charge in [0.15, 0.2) is 0 Å². The van der Waals surface area contributed by atoms with Crippen molar-refractivity contribution < 1.29 is 14.8 Å². The summed E-state index contributed by atoms with van der Waals surface area (Å²) in [6, 6.07) is 16.6. The predicted molar refractivity (Wildman–Crippen MR) is 95.2 cm³/mol. The second kappa shape index (κ2) is 7.08. The maximum Gasteiger partial charge on any atom is 0.284 e. The topological polar surface area (TPSA) is 78.4 Å². The Hall–Kier alpha value is -2.96. The van der Waals surface area contributed by atoms with Gasteiger partial charge in [-0.15, -0.1) is 11.3 Å². The molecule has 2 aromatic carbocycles. The Morgan fingerprint density at radius 1 is 1.04 bits per heavy atom. The molecule has 0 atom stereocenters. The van der Waals surface area contributed by atoms with E-state index in [9.17, 15) is 9.59 Å². The van der Waals surface area contributed by atoms with Gasteiger partial charge in [0.05, 0.1) is 4.88 Å². The third-order valence-corrected chi connectivity index (χ3v) is 4.45. The molecule has 120 valence electrons. The number of hydrogen-bond acceptors (Lipinski definition) is 4. The van der Waals surface area contributed by atoms with Gasteiger partial charge < -0.3 is 5.32 Å². The number of anilines is 1. The first-order chi connectivity index (χ1) is 11.7. The van der Waals surface area contributed by atoms with Crippen molar-refractivity contribution in [2.24, 2.45) is 0 Å². The molecule has 0 spiro atoms. The van der Waals surface area contributed by atoms with E-state index in [0.29, 0.717) is 10.6 Å². The van der Waals surface area contributed by atoms with Gasteiger partial charge in [-0.05, 0) is 41.3 Å². The summed E-state index contributed by atoms with van der Waals surface area (Å²) in [5.41, 5.74) is 3.20. The Kier molecular flexibility index (Phi) is 4.69. The van der Waals surface area contributed by atoms with Crippen molar-refractivity contribution in [3.8, 4) is 0 Å². The van der Waals surface area contributed by atoms with Crippen LogP contribution in [0, 0.1) is 0 Å². The second-order valence-electron chi connectivity index (χ2n) is 5.04. The lowest BCUT2D eigenvalue weighted by atomic mass is 10.2. The molecule has 5 nitrogen and oxygen atoms in total. The summed E-state index contributed by atoms with van der Waals surface area (Å²) in [4.78, 5) is 23.8. The number of hydrogen-bond donors (Lipinski definition) is 3. The Balaban J connectivity index is 1.74. The van der Waals surface area contributed by atoms with Crippen molar-refractivity contribution in [3.05, 3.63) is 71.1 Å². The molecule has 3 rings (SSSR count). The zero-order valence-electron chi connectivity index (χ0n) is 12.5. The normalized spacial score (nSPS) is 10.9. The Morgan fingerprint density at radius 2 is 1.83 bits per heavy atom. The number of nitrogens with one attached hydrogen (secondary N) is 2. The predicted octanol–water partition coefficient (Wildman–Crippen LogP) is 3.67. The first-order valence-electron chi connectivity index (χ1n) is 7.18. The number of rotatable bonds is 4. The monoisotopic (exact) mass is 338 g/mol. The fraction of sp³-hybridized carbons (Fsp3) is 0. The van der Waals surface area contributed by atoms with Crippen molar-refractivity contribution in [2.45, 2.75) is 0 Å². The number of hydroxylamine groups is 1. The van der Waals surface area contributed by atoms with Crippen LogP contribution in [0.3, 0.4) is 0 Å². The van der Waals surface area contributed by atoms with E-state index in [0.717, 1.165) is 15.6 Å². The highest BCUT2D eigenvalue weighted by Crippen LogP contribution is 2.28. The van der Waals surface area contributed by atoms with E-state index in [2.05, 4.69) is 5.32 Å². The van der Waals surface area contributed by atoms with Crippen LogP contribution in [0.2, 0.25) is 0 Å². The average Bonchev–Trinajstić information content (AvgIpc) is 3.03. The SMILES string of the molecule is O=C(/C=C/c1ccccc1)Nc1ccc2sc(C(=O)NO)cc2c1. The van der Waals surface area contributed by atoms with Crippen molar-refractivity contribution >= 4 is 45.0 Å². The summed E-state index contributed by atoms with van der Waals surface area (Å²) in [6.07, 6.45) is 3.21. The molecule has 0 radical (unpaired) electrons. The fourth-order valence-corrected chi connectivity index (χ4v) is 3.14. The summed E-state index contributed by atoms with van der Waals surface area (Å²) < 4.78 is 0.895. The minimum Gasteiger partial charge on any atom is -0.322 e. The fourth-order valence-electron chi connectivity index (χ4n) is 2.21. The molecule has 0 unspecified atom stereocenters. The molecule has 0 bridgehead atoms. The Labute approximate surface area is 142 Å². The lowest BCUT2D eigenvalue weighted by Gasteiger charge is -2.02. The summed E-state index contributed by atoms with van der Waals surface area (Å²) in [5, 5.41) is 12.3. The van der Waals surface area contributed by atoms with E-state index in [1.165, 1.54) is 17.4 Å². The van der Waals surface area contributed by atoms with Crippen LogP contribution in [-0.4, -0.2) is 17.0 Å². The van der Waals surface area contributed by atoms with Crippen LogP contribution in [0.5, 0.6) is 0 Å². The second-order valence-corrected chi connectivity index (χ2v) is 6.12. The number of benzene rings is 2. The molecule has 0 saturated heterocycles. The minimum atomic E-state index is -0.549. The van der Waals surface area contributed by atoms with Crippen molar-refractivity contribution in [1.82, 2.24) is 5.48 Å². The summed E-state index contributed by atoms with van der Waals surface area (Å²) in [5.74, 6) is -0.783. The lowest BCUT2D eigenvalue weighted by Crippen LogP contribution is -2.16. The number of thiophene rings is 1. The Morgan fingerprint density at radius 3 is 2.58 bits per heavy atom. The van der Waals surface area contributed by atoms with Crippen molar-refractivity contribution in [3.63, 3.8) is 0 Å². The lowest BCUT2D eigenvalue weighted by molar-refractivity contribution is -0.111. The van der Waals surface area contributed by atoms with E-state index >= 15 is 0 Å². The first-order valence-corrected chi connectivity index (χ1v) is 7.99. The molecular weight excluding hydrogens is 324 g/mol. The largest absolute Gasteiger partial charge is 0.322 e. The maximum atomic E-state index is 12.0. The van der Waals surface area contributed by atoms with Crippen LogP contribution in [0.4, 0.5) is 5.69 Å². The van der Waals surface area contributed by atoms with Crippen molar-refractivity contribution in [1.29, 1.82) is 0 Å². The van der Waals surface area contributed by atoms with Gasteiger partial charge in [-0.3, -0.25) is 14.8 Å². The van der Waals surface area contributed by atoms with Gasteiger partial charge in [0.2, 0.25) is 5.91 Å². The highest BCUT2D eigenvalue weighted by Gasteiger charge is 2.10. The van der Waals surface area contributed by atoms with Crippen LogP contribution in [-0.2, 0) is 4.79 Å². The molecule has 0 aliphatic rings. The van der Waals surface area contributed by atoms with E-state index in [-0.39, 0.29) is 5.91 Å². The van der Waals surface area contributed by atoms with Crippen LogP contribution >= 0.6 is 11.3 Å². The van der Waals surface area contributed by atoms with Crippen LogP contribution in [0.15, 0.2) is 60.7 Å². The molecule has 0 saturated carbocycles. The molecule has 3 N–H and O–H groups in total. The highest BCUT2D eigenvalue weighted by atomic mass is 32.1. The van der Waals surface area contributed by atoms with Gasteiger partial charge in [0, 0.05) is 16.5 Å². The molecule has 3 aromatic rings.